The Labute approximate surface area is 96.1 Å². The highest BCUT2D eigenvalue weighted by atomic mass is 16.5. The second kappa shape index (κ2) is 5.54. The monoisotopic (exact) mass is 222 g/mol. The van der Waals surface area contributed by atoms with E-state index in [0.29, 0.717) is 13.0 Å². The van der Waals surface area contributed by atoms with Gasteiger partial charge in [0.05, 0.1) is 13.0 Å². The fraction of sp³-hybridized carbons (Fsp3) is 0.462. The van der Waals surface area contributed by atoms with Gasteiger partial charge in [0.25, 0.3) is 0 Å². The maximum Gasteiger partial charge on any atom is 0.306 e. The lowest BCUT2D eigenvalue weighted by molar-refractivity contribution is -0.143. The zero-order chi connectivity index (χ0) is 12.1. The Morgan fingerprint density at radius 1 is 1.50 bits per heavy atom. The number of esters is 1. The summed E-state index contributed by atoms with van der Waals surface area (Å²) < 4.78 is 4.91. The molecule has 1 rings (SSSR count). The Kier molecular flexibility index (Phi) is 4.35. The van der Waals surface area contributed by atoms with Crippen LogP contribution in [-0.2, 0) is 9.53 Å². The normalized spacial score (nSPS) is 12.2. The van der Waals surface area contributed by atoms with Gasteiger partial charge >= 0.3 is 5.97 Å². The van der Waals surface area contributed by atoms with Crippen LogP contribution in [0, 0.1) is 6.92 Å². The molecule has 0 aromatic heterocycles. The molecule has 1 aromatic carbocycles. The van der Waals surface area contributed by atoms with Crippen molar-refractivity contribution in [3.63, 3.8) is 0 Å². The van der Waals surface area contributed by atoms with Gasteiger partial charge in [0.1, 0.15) is 5.75 Å². The van der Waals surface area contributed by atoms with Crippen molar-refractivity contribution in [2.24, 2.45) is 0 Å². The molecule has 0 fully saturated rings. The Bertz CT molecular complexity index is 371. The first-order valence-corrected chi connectivity index (χ1v) is 5.49. The van der Waals surface area contributed by atoms with Crippen molar-refractivity contribution < 1.29 is 14.6 Å². The smallest absolute Gasteiger partial charge is 0.306 e. The summed E-state index contributed by atoms with van der Waals surface area (Å²) in [5, 5.41) is 9.29. The van der Waals surface area contributed by atoms with Gasteiger partial charge in [0, 0.05) is 0 Å². The van der Waals surface area contributed by atoms with Crippen LogP contribution < -0.4 is 0 Å². The van der Waals surface area contributed by atoms with E-state index in [-0.39, 0.29) is 17.6 Å². The number of phenolic OH excluding ortho intramolecular Hbond substituents is 1. The van der Waals surface area contributed by atoms with Crippen LogP contribution in [0.1, 0.15) is 37.3 Å². The largest absolute Gasteiger partial charge is 0.508 e. The molecular formula is C13H18O3. The van der Waals surface area contributed by atoms with E-state index < -0.39 is 0 Å². The summed E-state index contributed by atoms with van der Waals surface area (Å²) in [5.41, 5.74) is 2.07. The van der Waals surface area contributed by atoms with Crippen molar-refractivity contribution >= 4 is 5.97 Å². The van der Waals surface area contributed by atoms with Crippen LogP contribution in [-0.4, -0.2) is 17.7 Å². The minimum atomic E-state index is -0.178. The van der Waals surface area contributed by atoms with Gasteiger partial charge in [-0.1, -0.05) is 13.0 Å². The quantitative estimate of drug-likeness (QED) is 0.797. The molecule has 0 saturated heterocycles. The summed E-state index contributed by atoms with van der Waals surface area (Å²) in [6.45, 7) is 6.13. The molecule has 0 radical (unpaired) electrons. The zero-order valence-corrected chi connectivity index (χ0v) is 9.99. The lowest BCUT2D eigenvalue weighted by Crippen LogP contribution is -2.09. The number of aromatic hydroxyl groups is 1. The molecule has 0 amide bonds. The van der Waals surface area contributed by atoms with Crippen molar-refractivity contribution in [3.8, 4) is 5.75 Å². The van der Waals surface area contributed by atoms with Gasteiger partial charge in [-0.05, 0) is 43.0 Å². The maximum absolute atomic E-state index is 11.3. The van der Waals surface area contributed by atoms with Crippen LogP contribution in [0.3, 0.4) is 0 Å². The second-order valence-corrected chi connectivity index (χ2v) is 3.95. The topological polar surface area (TPSA) is 46.5 Å². The number of hydrogen-bond acceptors (Lipinski definition) is 3. The molecule has 1 N–H and O–H groups in total. The average molecular weight is 222 g/mol. The van der Waals surface area contributed by atoms with E-state index in [4.69, 9.17) is 4.74 Å². The molecule has 1 aromatic rings. The highest BCUT2D eigenvalue weighted by Gasteiger charge is 2.14. The maximum atomic E-state index is 11.3. The van der Waals surface area contributed by atoms with Gasteiger partial charge in [-0.3, -0.25) is 4.79 Å². The number of phenols is 1. The summed E-state index contributed by atoms with van der Waals surface area (Å²) in [6, 6.07) is 5.20. The number of carbonyl (C=O) groups is 1. The van der Waals surface area contributed by atoms with Gasteiger partial charge in [-0.15, -0.1) is 0 Å². The molecule has 88 valence electrons. The second-order valence-electron chi connectivity index (χ2n) is 3.95. The predicted octanol–water partition coefficient (Wildman–Crippen LogP) is 2.76. The molecular weight excluding hydrogens is 204 g/mol. The van der Waals surface area contributed by atoms with Crippen molar-refractivity contribution in [1.82, 2.24) is 0 Å². The van der Waals surface area contributed by atoms with Crippen LogP contribution in [0.5, 0.6) is 5.75 Å². The first kappa shape index (κ1) is 12.6. The number of hydrogen-bond donors (Lipinski definition) is 1. The van der Waals surface area contributed by atoms with Crippen LogP contribution in [0.15, 0.2) is 18.2 Å². The van der Waals surface area contributed by atoms with Gasteiger partial charge in [0.2, 0.25) is 0 Å². The minimum absolute atomic E-state index is 0.111. The fourth-order valence-electron chi connectivity index (χ4n) is 1.79. The summed E-state index contributed by atoms with van der Waals surface area (Å²) in [4.78, 5) is 11.3. The number of carbonyl (C=O) groups excluding carboxylic acids is 1. The van der Waals surface area contributed by atoms with E-state index in [9.17, 15) is 9.90 Å². The van der Waals surface area contributed by atoms with E-state index in [2.05, 4.69) is 0 Å². The van der Waals surface area contributed by atoms with Crippen molar-refractivity contribution in [2.75, 3.05) is 6.61 Å². The third kappa shape index (κ3) is 3.26. The van der Waals surface area contributed by atoms with Crippen molar-refractivity contribution in [3.05, 3.63) is 29.3 Å². The number of rotatable bonds is 4. The number of ether oxygens (including phenoxy) is 1. The molecule has 3 nitrogen and oxygen atoms in total. The van der Waals surface area contributed by atoms with Crippen LogP contribution in [0.4, 0.5) is 0 Å². The Balaban J connectivity index is 2.72. The van der Waals surface area contributed by atoms with Crippen LogP contribution in [0.25, 0.3) is 0 Å². The number of benzene rings is 1. The molecule has 3 heteroatoms. The van der Waals surface area contributed by atoms with Gasteiger partial charge in [-0.2, -0.15) is 0 Å². The van der Waals surface area contributed by atoms with E-state index in [1.54, 1.807) is 19.1 Å². The molecule has 16 heavy (non-hydrogen) atoms. The molecule has 0 heterocycles. The third-order valence-corrected chi connectivity index (χ3v) is 2.56. The molecule has 0 bridgehead atoms. The van der Waals surface area contributed by atoms with E-state index >= 15 is 0 Å². The van der Waals surface area contributed by atoms with E-state index in [0.717, 1.165) is 11.1 Å². The summed E-state index contributed by atoms with van der Waals surface area (Å²) in [6.07, 6.45) is 0.374. The first-order chi connectivity index (χ1) is 7.54. The highest BCUT2D eigenvalue weighted by Crippen LogP contribution is 2.25. The van der Waals surface area contributed by atoms with Crippen LogP contribution in [0.2, 0.25) is 0 Å². The minimum Gasteiger partial charge on any atom is -0.508 e. The van der Waals surface area contributed by atoms with E-state index in [1.165, 1.54) is 0 Å². The lowest BCUT2D eigenvalue weighted by Gasteiger charge is -2.14. The third-order valence-electron chi connectivity index (χ3n) is 2.56. The Hall–Kier alpha value is -1.51. The number of aryl methyl sites for hydroxylation is 1. The molecule has 1 unspecified atom stereocenters. The Morgan fingerprint density at radius 2 is 2.19 bits per heavy atom. The lowest BCUT2D eigenvalue weighted by atomic mass is 9.94. The van der Waals surface area contributed by atoms with Crippen molar-refractivity contribution in [1.29, 1.82) is 0 Å². The molecule has 0 spiro atoms. The fourth-order valence-corrected chi connectivity index (χ4v) is 1.79. The van der Waals surface area contributed by atoms with Crippen molar-refractivity contribution in [2.45, 2.75) is 33.1 Å². The zero-order valence-electron chi connectivity index (χ0n) is 9.99. The van der Waals surface area contributed by atoms with Gasteiger partial charge in [0.15, 0.2) is 0 Å². The van der Waals surface area contributed by atoms with E-state index in [1.807, 2.05) is 19.9 Å². The highest BCUT2D eigenvalue weighted by molar-refractivity contribution is 5.70. The summed E-state index contributed by atoms with van der Waals surface area (Å²) in [7, 11) is 0. The summed E-state index contributed by atoms with van der Waals surface area (Å²) >= 11 is 0. The molecule has 0 aliphatic heterocycles. The van der Waals surface area contributed by atoms with Crippen LogP contribution >= 0.6 is 0 Å². The Morgan fingerprint density at radius 3 is 2.75 bits per heavy atom. The SMILES string of the molecule is CCOC(=O)CC(C)c1ccc(O)cc1C. The molecule has 0 aliphatic carbocycles. The molecule has 0 saturated carbocycles. The molecule has 0 aliphatic rings. The average Bonchev–Trinajstić information content (AvgIpc) is 2.17. The first-order valence-electron chi connectivity index (χ1n) is 5.49. The van der Waals surface area contributed by atoms with Gasteiger partial charge in [-0.25, -0.2) is 0 Å². The molecule has 1 atom stereocenters. The van der Waals surface area contributed by atoms with Gasteiger partial charge < -0.3 is 9.84 Å². The summed E-state index contributed by atoms with van der Waals surface area (Å²) in [5.74, 6) is 0.187. The predicted molar refractivity (Wildman–Crippen MR) is 62.5 cm³/mol. The standard InChI is InChI=1S/C13H18O3/c1-4-16-13(15)8-10(3)12-6-5-11(14)7-9(12)2/h5-7,10,14H,4,8H2,1-3H3.